The van der Waals surface area contributed by atoms with E-state index in [-0.39, 0.29) is 12.0 Å². The van der Waals surface area contributed by atoms with E-state index in [0.29, 0.717) is 0 Å². The van der Waals surface area contributed by atoms with Crippen molar-refractivity contribution in [2.75, 3.05) is 52.4 Å². The zero-order valence-electron chi connectivity index (χ0n) is 18.2. The van der Waals surface area contributed by atoms with Gasteiger partial charge in [0.15, 0.2) is 0 Å². The van der Waals surface area contributed by atoms with E-state index >= 15 is 0 Å². The van der Waals surface area contributed by atoms with Gasteiger partial charge in [0, 0.05) is 57.9 Å². The van der Waals surface area contributed by atoms with E-state index in [2.05, 4.69) is 41.0 Å². The van der Waals surface area contributed by atoms with Crippen LogP contribution in [0.2, 0.25) is 0 Å². The van der Waals surface area contributed by atoms with Crippen molar-refractivity contribution in [3.05, 3.63) is 70.8 Å². The zero-order valence-corrected chi connectivity index (χ0v) is 18.2. The number of nitrogens with zero attached hydrogens (tertiary/aromatic N) is 3. The summed E-state index contributed by atoms with van der Waals surface area (Å²) in [4.78, 5) is 19.6. The molecule has 30 heavy (non-hydrogen) atoms. The van der Waals surface area contributed by atoms with Crippen LogP contribution in [-0.4, -0.2) is 79.1 Å². The summed E-state index contributed by atoms with van der Waals surface area (Å²) in [6.45, 7) is 12.2. The molecule has 160 valence electrons. The molecule has 2 saturated heterocycles. The zero-order chi connectivity index (χ0) is 20.9. The second-order valence-corrected chi connectivity index (χ2v) is 8.67. The molecule has 4 rings (SSSR count). The third kappa shape index (κ3) is 5.48. The van der Waals surface area contributed by atoms with Gasteiger partial charge in [0.2, 0.25) is 0 Å². The van der Waals surface area contributed by atoms with Crippen LogP contribution in [0.4, 0.5) is 0 Å². The molecule has 0 bridgehead atoms. The number of hydrogen-bond acceptors (Lipinski definition) is 4. The summed E-state index contributed by atoms with van der Waals surface area (Å²) in [5.74, 6) is 0.146. The number of morpholine rings is 1. The molecule has 2 aromatic carbocycles. The molecule has 0 N–H and O–H groups in total. The Morgan fingerprint density at radius 3 is 2.17 bits per heavy atom. The van der Waals surface area contributed by atoms with Gasteiger partial charge in [0.1, 0.15) is 0 Å². The topological polar surface area (TPSA) is 36.0 Å². The number of carbonyl (C=O) groups is 1. The number of benzene rings is 2. The highest BCUT2D eigenvalue weighted by Crippen LogP contribution is 2.15. The Balaban J connectivity index is 1.24. The molecule has 0 spiro atoms. The highest BCUT2D eigenvalue weighted by Gasteiger charge is 2.26. The molecule has 0 aliphatic carbocycles. The van der Waals surface area contributed by atoms with Gasteiger partial charge in [-0.15, -0.1) is 0 Å². The van der Waals surface area contributed by atoms with Gasteiger partial charge in [0.25, 0.3) is 5.91 Å². The van der Waals surface area contributed by atoms with Crippen LogP contribution in [0.25, 0.3) is 0 Å². The summed E-state index contributed by atoms with van der Waals surface area (Å²) < 4.78 is 6.06. The number of piperazine rings is 1. The number of aryl methyl sites for hydroxylation is 2. The fourth-order valence-electron chi connectivity index (χ4n) is 4.29. The van der Waals surface area contributed by atoms with Crippen molar-refractivity contribution in [3.8, 4) is 0 Å². The average molecular weight is 408 g/mol. The molecule has 0 saturated carbocycles. The number of ether oxygens (including phenoxy) is 1. The molecule has 2 aliphatic heterocycles. The minimum atomic E-state index is 0.146. The Labute approximate surface area is 180 Å². The Morgan fingerprint density at radius 1 is 0.867 bits per heavy atom. The lowest BCUT2D eigenvalue weighted by Gasteiger charge is -2.39. The summed E-state index contributed by atoms with van der Waals surface area (Å²) in [6, 6.07) is 16.7. The monoisotopic (exact) mass is 407 g/mol. The summed E-state index contributed by atoms with van der Waals surface area (Å²) in [7, 11) is 0. The van der Waals surface area contributed by atoms with Crippen LogP contribution < -0.4 is 0 Å². The van der Waals surface area contributed by atoms with E-state index < -0.39 is 0 Å². The van der Waals surface area contributed by atoms with Crippen molar-refractivity contribution in [1.29, 1.82) is 0 Å². The van der Waals surface area contributed by atoms with Gasteiger partial charge in [-0.05, 0) is 31.5 Å². The van der Waals surface area contributed by atoms with Gasteiger partial charge in [0.05, 0.1) is 12.7 Å². The van der Waals surface area contributed by atoms with Crippen molar-refractivity contribution < 1.29 is 9.53 Å². The SMILES string of the molecule is Cc1ccc(CN2CCO[C@@H](CN3CCN(C(=O)c4ccc(C)cc4)CC3)C2)cc1. The summed E-state index contributed by atoms with van der Waals surface area (Å²) in [6.07, 6.45) is 0.239. The number of amides is 1. The molecule has 5 nitrogen and oxygen atoms in total. The number of rotatable bonds is 5. The van der Waals surface area contributed by atoms with E-state index in [9.17, 15) is 4.79 Å². The molecule has 0 unspecified atom stereocenters. The maximum Gasteiger partial charge on any atom is 0.253 e. The highest BCUT2D eigenvalue weighted by atomic mass is 16.5. The Kier molecular flexibility index (Phi) is 6.82. The van der Waals surface area contributed by atoms with Crippen LogP contribution in [0.15, 0.2) is 48.5 Å². The predicted octanol–water partition coefficient (Wildman–Crippen LogP) is 2.96. The number of carbonyl (C=O) groups excluding carboxylic acids is 1. The Morgan fingerprint density at radius 2 is 1.50 bits per heavy atom. The van der Waals surface area contributed by atoms with Crippen LogP contribution in [0.1, 0.15) is 27.0 Å². The first-order valence-electron chi connectivity index (χ1n) is 11.0. The fraction of sp³-hybridized carbons (Fsp3) is 0.480. The maximum atomic E-state index is 12.7. The molecule has 2 aliphatic rings. The van der Waals surface area contributed by atoms with Crippen molar-refractivity contribution in [2.45, 2.75) is 26.5 Å². The first-order valence-corrected chi connectivity index (χ1v) is 11.0. The smallest absolute Gasteiger partial charge is 0.253 e. The van der Waals surface area contributed by atoms with Crippen molar-refractivity contribution in [1.82, 2.24) is 14.7 Å². The largest absolute Gasteiger partial charge is 0.374 e. The second-order valence-electron chi connectivity index (χ2n) is 8.67. The summed E-state index contributed by atoms with van der Waals surface area (Å²) >= 11 is 0. The van der Waals surface area contributed by atoms with Crippen LogP contribution in [-0.2, 0) is 11.3 Å². The van der Waals surface area contributed by atoms with E-state index in [1.165, 1.54) is 16.7 Å². The number of hydrogen-bond donors (Lipinski definition) is 0. The summed E-state index contributed by atoms with van der Waals surface area (Å²) in [5.41, 5.74) is 4.64. The molecule has 5 heteroatoms. The quantitative estimate of drug-likeness (QED) is 0.764. The molecule has 2 fully saturated rings. The van der Waals surface area contributed by atoms with Crippen molar-refractivity contribution >= 4 is 5.91 Å². The molecule has 1 atom stereocenters. The van der Waals surface area contributed by atoms with E-state index in [1.54, 1.807) is 0 Å². The molecule has 2 heterocycles. The Hall–Kier alpha value is -2.21. The van der Waals surface area contributed by atoms with Crippen LogP contribution in [0, 0.1) is 13.8 Å². The minimum absolute atomic E-state index is 0.146. The lowest BCUT2D eigenvalue weighted by molar-refractivity contribution is -0.0497. The maximum absolute atomic E-state index is 12.7. The third-order valence-corrected chi connectivity index (χ3v) is 6.17. The van der Waals surface area contributed by atoms with E-state index in [0.717, 1.165) is 64.5 Å². The van der Waals surface area contributed by atoms with Crippen molar-refractivity contribution in [3.63, 3.8) is 0 Å². The van der Waals surface area contributed by atoms with Gasteiger partial charge in [-0.25, -0.2) is 0 Å². The first kappa shape index (κ1) is 21.0. The van der Waals surface area contributed by atoms with Gasteiger partial charge < -0.3 is 9.64 Å². The molecule has 0 aromatic heterocycles. The van der Waals surface area contributed by atoms with E-state index in [1.807, 2.05) is 36.1 Å². The average Bonchev–Trinajstić information content (AvgIpc) is 2.76. The lowest BCUT2D eigenvalue weighted by Crippen LogP contribution is -2.53. The lowest BCUT2D eigenvalue weighted by atomic mass is 10.1. The Bertz CT molecular complexity index is 826. The third-order valence-electron chi connectivity index (χ3n) is 6.17. The van der Waals surface area contributed by atoms with Crippen LogP contribution >= 0.6 is 0 Å². The molecule has 1 amide bonds. The van der Waals surface area contributed by atoms with Gasteiger partial charge in [-0.1, -0.05) is 47.5 Å². The van der Waals surface area contributed by atoms with E-state index in [4.69, 9.17) is 4.74 Å². The van der Waals surface area contributed by atoms with Crippen LogP contribution in [0.5, 0.6) is 0 Å². The predicted molar refractivity (Wildman–Crippen MR) is 120 cm³/mol. The normalized spacial score (nSPS) is 21.0. The first-order chi connectivity index (χ1) is 14.6. The second kappa shape index (κ2) is 9.73. The summed E-state index contributed by atoms with van der Waals surface area (Å²) in [5, 5.41) is 0. The minimum Gasteiger partial charge on any atom is -0.374 e. The van der Waals surface area contributed by atoms with Gasteiger partial charge in [-0.3, -0.25) is 14.6 Å². The standard InChI is InChI=1S/C25H33N3O2/c1-20-3-7-22(8-4-20)17-27-15-16-30-24(19-27)18-26-11-13-28(14-12-26)25(29)23-9-5-21(2)6-10-23/h3-10,24H,11-19H2,1-2H3/t24-/m0/s1. The molecule has 2 aromatic rings. The molecular weight excluding hydrogens is 374 g/mol. The molecular formula is C25H33N3O2. The van der Waals surface area contributed by atoms with Gasteiger partial charge >= 0.3 is 0 Å². The van der Waals surface area contributed by atoms with Gasteiger partial charge in [-0.2, -0.15) is 0 Å². The highest BCUT2D eigenvalue weighted by molar-refractivity contribution is 5.94. The molecule has 0 radical (unpaired) electrons. The fourth-order valence-corrected chi connectivity index (χ4v) is 4.29. The van der Waals surface area contributed by atoms with Crippen LogP contribution in [0.3, 0.4) is 0 Å². The van der Waals surface area contributed by atoms with Crippen molar-refractivity contribution in [2.24, 2.45) is 0 Å².